The zero-order valence-corrected chi connectivity index (χ0v) is 22.9. The number of hydrogen-bond acceptors (Lipinski definition) is 4. The van der Waals surface area contributed by atoms with Crippen LogP contribution in [0.15, 0.2) is 72.5 Å². The van der Waals surface area contributed by atoms with Crippen molar-refractivity contribution in [2.24, 2.45) is 0 Å². The Morgan fingerprint density at radius 3 is 2.34 bits per heavy atom. The van der Waals surface area contributed by atoms with Crippen molar-refractivity contribution in [1.82, 2.24) is 5.32 Å². The average molecular weight is 550 g/mol. The number of carbonyl (C=O) groups excluding carboxylic acids is 2. The van der Waals surface area contributed by atoms with Gasteiger partial charge in [0.05, 0.1) is 22.8 Å². The number of nitrogens with one attached hydrogen (secondary N) is 1. The molecule has 0 radical (unpaired) electrons. The van der Waals surface area contributed by atoms with E-state index in [1.165, 1.54) is 0 Å². The Hall–Kier alpha value is -3.12. The summed E-state index contributed by atoms with van der Waals surface area (Å²) in [5.74, 6) is -0.463. The first-order chi connectivity index (χ1) is 18.3. The lowest BCUT2D eigenvalue weighted by molar-refractivity contribution is -0.116. The summed E-state index contributed by atoms with van der Waals surface area (Å²) in [4.78, 5) is 26.8. The molecule has 0 unspecified atom stereocenters. The molecule has 1 spiro atoms. The molecule has 1 fully saturated rings. The summed E-state index contributed by atoms with van der Waals surface area (Å²) in [6, 6.07) is 20.1. The normalized spacial score (nSPS) is 21.1. The molecule has 0 saturated heterocycles. The van der Waals surface area contributed by atoms with E-state index in [2.05, 4.69) is 5.32 Å². The van der Waals surface area contributed by atoms with Gasteiger partial charge in [-0.25, -0.2) is 4.79 Å². The maximum atomic E-state index is 13.6. The summed E-state index contributed by atoms with van der Waals surface area (Å²) >= 11 is 12.9. The van der Waals surface area contributed by atoms with Gasteiger partial charge in [0.15, 0.2) is 0 Å². The van der Waals surface area contributed by atoms with Crippen LogP contribution in [0.5, 0.6) is 0 Å². The molecule has 3 aromatic rings. The van der Waals surface area contributed by atoms with Crippen molar-refractivity contribution in [3.05, 3.63) is 99.2 Å². The molecule has 2 aliphatic rings. The van der Waals surface area contributed by atoms with Crippen molar-refractivity contribution in [2.75, 3.05) is 6.61 Å². The van der Waals surface area contributed by atoms with Crippen LogP contribution in [0.1, 0.15) is 54.1 Å². The van der Waals surface area contributed by atoms with Crippen LogP contribution < -0.4 is 5.32 Å². The van der Waals surface area contributed by atoms with Crippen LogP contribution in [-0.2, 0) is 14.3 Å². The summed E-state index contributed by atoms with van der Waals surface area (Å²) < 4.78 is 11.9. The van der Waals surface area contributed by atoms with E-state index in [0.29, 0.717) is 52.0 Å². The van der Waals surface area contributed by atoms with E-state index in [1.807, 2.05) is 56.3 Å². The molecule has 38 heavy (non-hydrogen) atoms. The first-order valence-electron chi connectivity index (χ1n) is 12.8. The first-order valence-corrected chi connectivity index (χ1v) is 13.6. The van der Waals surface area contributed by atoms with Crippen LogP contribution in [0.2, 0.25) is 10.0 Å². The van der Waals surface area contributed by atoms with Gasteiger partial charge >= 0.3 is 5.97 Å². The number of esters is 1. The summed E-state index contributed by atoms with van der Waals surface area (Å²) in [5, 5.41) is 4.22. The van der Waals surface area contributed by atoms with Gasteiger partial charge in [0.2, 0.25) is 0 Å². The fourth-order valence-corrected chi connectivity index (χ4v) is 5.83. The third-order valence-corrected chi connectivity index (χ3v) is 7.94. The summed E-state index contributed by atoms with van der Waals surface area (Å²) in [6.07, 6.45) is 2.81. The van der Waals surface area contributed by atoms with Gasteiger partial charge in [-0.2, -0.15) is 0 Å². The monoisotopic (exact) mass is 549 g/mol. The fourth-order valence-electron chi connectivity index (χ4n) is 5.45. The molecule has 5 nitrogen and oxygen atoms in total. The molecule has 5 rings (SSSR count). The van der Waals surface area contributed by atoms with Crippen molar-refractivity contribution in [2.45, 2.75) is 51.2 Å². The molecule has 0 atom stereocenters. The van der Waals surface area contributed by atoms with E-state index in [1.54, 1.807) is 24.3 Å². The molecule has 1 heterocycles. The first kappa shape index (κ1) is 26.5. The average Bonchev–Trinajstić information content (AvgIpc) is 3.17. The number of aryl methyl sites for hydroxylation is 1. The van der Waals surface area contributed by atoms with Gasteiger partial charge in [-0.1, -0.05) is 53.5 Å². The summed E-state index contributed by atoms with van der Waals surface area (Å²) in [6.45, 7) is 4.58. The molecule has 3 aromatic carbocycles. The standard InChI is InChI=1S/C31H29Cl2NO4/c1-3-37-23-13-15-31(16-14-23)28(38-30(36)21-7-5-4-6-8-21)27(29(35)34-31)25-17-19(2)24(18-26(25)33)20-9-11-22(32)12-10-20/h4-12,17-18,23H,3,13-16H2,1-2H3,(H,34,35). The van der Waals surface area contributed by atoms with Crippen molar-refractivity contribution in [1.29, 1.82) is 0 Å². The molecule has 1 N–H and O–H groups in total. The van der Waals surface area contributed by atoms with E-state index in [9.17, 15) is 9.59 Å². The van der Waals surface area contributed by atoms with Gasteiger partial charge in [0, 0.05) is 22.2 Å². The van der Waals surface area contributed by atoms with Crippen LogP contribution in [0.3, 0.4) is 0 Å². The molecule has 1 saturated carbocycles. The molecular formula is C31H29Cl2NO4. The molecule has 1 amide bonds. The summed E-state index contributed by atoms with van der Waals surface area (Å²) in [5.41, 5.74) is 3.30. The Morgan fingerprint density at radius 1 is 1.00 bits per heavy atom. The van der Waals surface area contributed by atoms with E-state index < -0.39 is 11.5 Å². The van der Waals surface area contributed by atoms with E-state index in [0.717, 1.165) is 29.5 Å². The second-order valence-corrected chi connectivity index (χ2v) is 10.6. The van der Waals surface area contributed by atoms with Crippen molar-refractivity contribution >= 4 is 40.7 Å². The van der Waals surface area contributed by atoms with Crippen molar-refractivity contribution < 1.29 is 19.1 Å². The highest BCUT2D eigenvalue weighted by molar-refractivity contribution is 6.36. The molecule has 196 valence electrons. The zero-order valence-electron chi connectivity index (χ0n) is 21.4. The van der Waals surface area contributed by atoms with Gasteiger partial charge in [-0.3, -0.25) is 4.79 Å². The SMILES string of the molecule is CCOC1CCC2(CC1)NC(=O)C(c1cc(C)c(-c3ccc(Cl)cc3)cc1Cl)=C2OC(=O)c1ccccc1. The Balaban J connectivity index is 1.59. The number of benzene rings is 3. The maximum Gasteiger partial charge on any atom is 0.343 e. The predicted molar refractivity (Wildman–Crippen MR) is 150 cm³/mol. The second-order valence-electron chi connectivity index (χ2n) is 9.80. The van der Waals surface area contributed by atoms with Crippen LogP contribution >= 0.6 is 23.2 Å². The Kier molecular flexibility index (Phi) is 7.62. The van der Waals surface area contributed by atoms with E-state index in [-0.39, 0.29) is 12.0 Å². The maximum absolute atomic E-state index is 13.6. The minimum Gasteiger partial charge on any atom is -0.424 e. The lowest BCUT2D eigenvalue weighted by Crippen LogP contribution is -2.49. The lowest BCUT2D eigenvalue weighted by atomic mass is 9.79. The van der Waals surface area contributed by atoms with Crippen LogP contribution in [-0.4, -0.2) is 30.1 Å². The highest BCUT2D eigenvalue weighted by Gasteiger charge is 2.50. The topological polar surface area (TPSA) is 64.6 Å². The molecule has 1 aliphatic heterocycles. The number of rotatable bonds is 6. The smallest absolute Gasteiger partial charge is 0.343 e. The lowest BCUT2D eigenvalue weighted by Gasteiger charge is -2.38. The molecule has 0 aromatic heterocycles. The number of halogens is 2. The van der Waals surface area contributed by atoms with Gasteiger partial charge in [0.25, 0.3) is 5.91 Å². The van der Waals surface area contributed by atoms with E-state index >= 15 is 0 Å². The van der Waals surface area contributed by atoms with Gasteiger partial charge in [-0.15, -0.1) is 0 Å². The Labute approximate surface area is 232 Å². The Morgan fingerprint density at radius 2 is 1.68 bits per heavy atom. The highest BCUT2D eigenvalue weighted by Crippen LogP contribution is 2.46. The molecule has 0 bridgehead atoms. The Bertz CT molecular complexity index is 1390. The second kappa shape index (κ2) is 10.9. The number of ether oxygens (including phenoxy) is 2. The van der Waals surface area contributed by atoms with Crippen LogP contribution in [0.4, 0.5) is 0 Å². The molecule has 1 aliphatic carbocycles. The van der Waals surface area contributed by atoms with Crippen LogP contribution in [0, 0.1) is 6.92 Å². The quantitative estimate of drug-likeness (QED) is 0.325. The molecular weight excluding hydrogens is 521 g/mol. The van der Waals surface area contributed by atoms with Gasteiger partial charge in [-0.05, 0) is 92.6 Å². The number of hydrogen-bond donors (Lipinski definition) is 1. The number of amides is 1. The largest absolute Gasteiger partial charge is 0.424 e. The highest BCUT2D eigenvalue weighted by atomic mass is 35.5. The number of carbonyl (C=O) groups is 2. The van der Waals surface area contributed by atoms with Gasteiger partial charge in [0.1, 0.15) is 5.76 Å². The third-order valence-electron chi connectivity index (χ3n) is 7.37. The van der Waals surface area contributed by atoms with Gasteiger partial charge < -0.3 is 14.8 Å². The van der Waals surface area contributed by atoms with Crippen molar-refractivity contribution in [3.63, 3.8) is 0 Å². The fraction of sp³-hybridized carbons (Fsp3) is 0.290. The van der Waals surface area contributed by atoms with Crippen LogP contribution in [0.25, 0.3) is 16.7 Å². The predicted octanol–water partition coefficient (Wildman–Crippen LogP) is 7.38. The van der Waals surface area contributed by atoms with E-state index in [4.69, 9.17) is 32.7 Å². The summed E-state index contributed by atoms with van der Waals surface area (Å²) in [7, 11) is 0. The zero-order chi connectivity index (χ0) is 26.9. The van der Waals surface area contributed by atoms with Crippen molar-refractivity contribution in [3.8, 4) is 11.1 Å². The minimum absolute atomic E-state index is 0.113. The minimum atomic E-state index is -0.795. The molecule has 7 heteroatoms. The third kappa shape index (κ3) is 5.11.